The number of ether oxygens (including phenoxy) is 1. The van der Waals surface area contributed by atoms with Crippen LogP contribution in [0.3, 0.4) is 0 Å². The van der Waals surface area contributed by atoms with Gasteiger partial charge < -0.3 is 15.5 Å². The highest BCUT2D eigenvalue weighted by molar-refractivity contribution is 5.97. The molecule has 0 fully saturated rings. The number of H-pyrrole nitrogens is 1. The van der Waals surface area contributed by atoms with E-state index in [1.807, 2.05) is 60.7 Å². The van der Waals surface area contributed by atoms with Crippen LogP contribution >= 0.6 is 0 Å². The van der Waals surface area contributed by atoms with E-state index < -0.39 is 6.09 Å². The third-order valence-corrected chi connectivity index (χ3v) is 3.67. The highest BCUT2D eigenvalue weighted by Gasteiger charge is 2.22. The first-order valence-electron chi connectivity index (χ1n) is 7.81. The first-order chi connectivity index (χ1) is 12.7. The maximum absolute atomic E-state index is 13.0. The molecule has 0 unspecified atom stereocenters. The number of nitrogen functional groups attached to an aromatic ring is 1. The topological polar surface area (TPSA) is 110 Å². The molecule has 1 amide bonds. The van der Waals surface area contributed by atoms with Gasteiger partial charge in [-0.1, -0.05) is 36.4 Å². The number of para-hydroxylation sites is 2. The molecule has 0 aliphatic carbocycles. The molecular formula is C18H14N6O2. The third-order valence-electron chi connectivity index (χ3n) is 3.67. The predicted octanol–water partition coefficient (Wildman–Crippen LogP) is 3.27. The molecule has 8 nitrogen and oxygen atoms in total. The summed E-state index contributed by atoms with van der Waals surface area (Å²) < 4.78 is 5.52. The van der Waals surface area contributed by atoms with E-state index in [-0.39, 0.29) is 11.8 Å². The van der Waals surface area contributed by atoms with Gasteiger partial charge in [0, 0.05) is 0 Å². The predicted molar refractivity (Wildman–Crippen MR) is 97.1 cm³/mol. The summed E-state index contributed by atoms with van der Waals surface area (Å²) in [7, 11) is 0. The first kappa shape index (κ1) is 15.6. The van der Waals surface area contributed by atoms with Gasteiger partial charge in [0.1, 0.15) is 5.52 Å². The Bertz CT molecular complexity index is 1010. The van der Waals surface area contributed by atoms with Gasteiger partial charge in [-0.05, 0) is 24.3 Å². The number of aromatic amines is 1. The van der Waals surface area contributed by atoms with E-state index >= 15 is 0 Å². The number of nitrogens with two attached hydrogens (primary N) is 1. The maximum atomic E-state index is 13.0. The molecule has 4 aromatic rings. The third kappa shape index (κ3) is 2.91. The van der Waals surface area contributed by atoms with Crippen molar-refractivity contribution in [3.05, 3.63) is 67.0 Å². The summed E-state index contributed by atoms with van der Waals surface area (Å²) in [5.41, 5.74) is 7.72. The van der Waals surface area contributed by atoms with Crippen LogP contribution in [0, 0.1) is 0 Å². The van der Waals surface area contributed by atoms with Crippen LogP contribution < -0.4 is 15.4 Å². The number of carbonyl (C=O) groups is 1. The van der Waals surface area contributed by atoms with Gasteiger partial charge in [-0.2, -0.15) is 9.97 Å². The number of nitrogens with one attached hydrogen (secondary N) is 1. The van der Waals surface area contributed by atoms with Crippen molar-refractivity contribution in [2.24, 2.45) is 0 Å². The molecule has 2 heterocycles. The highest BCUT2D eigenvalue weighted by Crippen LogP contribution is 2.27. The molecule has 0 saturated carbocycles. The standard InChI is InChI=1S/C18H14N6O2/c19-17-22-15-14(20-11-21-15)16(23-17)26-18(25)24(12-7-3-1-4-8-12)13-9-5-2-6-10-13/h1-11H,(H3,19,20,21,22,23). The largest absolute Gasteiger partial charge is 0.425 e. The van der Waals surface area contributed by atoms with Crippen molar-refractivity contribution in [3.8, 4) is 5.88 Å². The number of amides is 1. The molecule has 0 saturated heterocycles. The summed E-state index contributed by atoms with van der Waals surface area (Å²) in [4.78, 5) is 29.3. The number of aromatic nitrogens is 4. The quantitative estimate of drug-likeness (QED) is 0.589. The van der Waals surface area contributed by atoms with Crippen LogP contribution in [0.5, 0.6) is 5.88 Å². The number of rotatable bonds is 3. The number of fused-ring (bicyclic) bond motifs is 1. The van der Waals surface area contributed by atoms with Crippen LogP contribution in [0.4, 0.5) is 22.1 Å². The van der Waals surface area contributed by atoms with Gasteiger partial charge in [-0.3, -0.25) is 0 Å². The molecule has 0 radical (unpaired) electrons. The van der Waals surface area contributed by atoms with Gasteiger partial charge in [0.05, 0.1) is 17.7 Å². The van der Waals surface area contributed by atoms with Crippen molar-refractivity contribution in [3.63, 3.8) is 0 Å². The Morgan fingerprint density at radius 1 is 0.962 bits per heavy atom. The Morgan fingerprint density at radius 2 is 1.58 bits per heavy atom. The van der Waals surface area contributed by atoms with Gasteiger partial charge in [0.15, 0.2) is 5.65 Å². The van der Waals surface area contributed by atoms with E-state index in [1.165, 1.54) is 11.2 Å². The van der Waals surface area contributed by atoms with Crippen molar-refractivity contribution in [2.75, 3.05) is 10.6 Å². The Morgan fingerprint density at radius 3 is 2.19 bits per heavy atom. The van der Waals surface area contributed by atoms with E-state index in [9.17, 15) is 4.79 Å². The zero-order chi connectivity index (χ0) is 17.9. The zero-order valence-electron chi connectivity index (χ0n) is 13.5. The van der Waals surface area contributed by atoms with Crippen molar-refractivity contribution in [1.82, 2.24) is 19.9 Å². The smallest absolute Gasteiger partial charge is 0.388 e. The average Bonchev–Trinajstić information content (AvgIpc) is 3.12. The molecule has 0 aliphatic rings. The monoisotopic (exact) mass is 346 g/mol. The average molecular weight is 346 g/mol. The summed E-state index contributed by atoms with van der Waals surface area (Å²) in [5, 5.41) is 0. The molecule has 8 heteroatoms. The number of nitrogens with zero attached hydrogens (tertiary/aromatic N) is 4. The van der Waals surface area contributed by atoms with Crippen molar-refractivity contribution < 1.29 is 9.53 Å². The fraction of sp³-hybridized carbons (Fsp3) is 0. The normalized spacial score (nSPS) is 10.6. The lowest BCUT2D eigenvalue weighted by Gasteiger charge is -2.22. The van der Waals surface area contributed by atoms with Crippen LogP contribution in [-0.4, -0.2) is 26.0 Å². The molecule has 3 N–H and O–H groups in total. The molecule has 0 atom stereocenters. The van der Waals surface area contributed by atoms with Crippen molar-refractivity contribution in [1.29, 1.82) is 0 Å². The minimum absolute atomic E-state index is 0.0202. The van der Waals surface area contributed by atoms with Crippen molar-refractivity contribution in [2.45, 2.75) is 0 Å². The summed E-state index contributed by atoms with van der Waals surface area (Å²) >= 11 is 0. The van der Waals surface area contributed by atoms with Gasteiger partial charge in [-0.15, -0.1) is 0 Å². The fourth-order valence-electron chi connectivity index (χ4n) is 2.54. The van der Waals surface area contributed by atoms with Crippen molar-refractivity contribution >= 4 is 34.6 Å². The second kappa shape index (κ2) is 6.52. The second-order valence-electron chi connectivity index (χ2n) is 5.36. The van der Waals surface area contributed by atoms with E-state index in [2.05, 4.69) is 19.9 Å². The second-order valence-corrected chi connectivity index (χ2v) is 5.36. The Balaban J connectivity index is 1.74. The molecular weight excluding hydrogens is 332 g/mol. The molecule has 0 bridgehead atoms. The highest BCUT2D eigenvalue weighted by atomic mass is 16.6. The Hall–Kier alpha value is -3.94. The zero-order valence-corrected chi connectivity index (χ0v) is 13.5. The van der Waals surface area contributed by atoms with Crippen LogP contribution in [0.15, 0.2) is 67.0 Å². The molecule has 2 aromatic heterocycles. The van der Waals surface area contributed by atoms with E-state index in [0.717, 1.165) is 0 Å². The Kier molecular flexibility index (Phi) is 3.91. The van der Waals surface area contributed by atoms with E-state index in [1.54, 1.807) is 0 Å². The molecule has 128 valence electrons. The number of carbonyl (C=O) groups excluding carboxylic acids is 1. The lowest BCUT2D eigenvalue weighted by molar-refractivity contribution is 0.209. The number of hydrogen-bond donors (Lipinski definition) is 2. The molecule has 0 spiro atoms. The van der Waals surface area contributed by atoms with Crippen LogP contribution in [-0.2, 0) is 0 Å². The lowest BCUT2D eigenvalue weighted by atomic mass is 10.2. The fourth-order valence-corrected chi connectivity index (χ4v) is 2.54. The van der Waals surface area contributed by atoms with Gasteiger partial charge in [0.2, 0.25) is 5.95 Å². The van der Waals surface area contributed by atoms with Gasteiger partial charge >= 0.3 is 6.09 Å². The Labute approximate surface area is 148 Å². The molecule has 2 aromatic carbocycles. The van der Waals surface area contributed by atoms with E-state index in [0.29, 0.717) is 22.5 Å². The van der Waals surface area contributed by atoms with Gasteiger partial charge in [-0.25, -0.2) is 14.7 Å². The molecule has 26 heavy (non-hydrogen) atoms. The van der Waals surface area contributed by atoms with Gasteiger partial charge in [0.25, 0.3) is 5.88 Å². The summed E-state index contributed by atoms with van der Waals surface area (Å²) in [5.74, 6) is -0.00904. The number of imidazole rings is 1. The number of anilines is 3. The minimum atomic E-state index is -0.628. The summed E-state index contributed by atoms with van der Waals surface area (Å²) in [6, 6.07) is 18.4. The lowest BCUT2D eigenvalue weighted by Crippen LogP contribution is -2.29. The maximum Gasteiger partial charge on any atom is 0.425 e. The van der Waals surface area contributed by atoms with E-state index in [4.69, 9.17) is 10.5 Å². The molecule has 0 aliphatic heterocycles. The number of benzene rings is 2. The number of hydrogen-bond acceptors (Lipinski definition) is 6. The first-order valence-corrected chi connectivity index (χ1v) is 7.81. The SMILES string of the molecule is Nc1nc(OC(=O)N(c2ccccc2)c2ccccc2)c2[nH]cnc2n1. The summed E-state index contributed by atoms with van der Waals surface area (Å²) in [6.45, 7) is 0. The van der Waals surface area contributed by atoms with Crippen LogP contribution in [0.2, 0.25) is 0 Å². The summed E-state index contributed by atoms with van der Waals surface area (Å²) in [6.07, 6.45) is 0.804. The molecule has 4 rings (SSSR count). The van der Waals surface area contributed by atoms with Crippen LogP contribution in [0.25, 0.3) is 11.2 Å². The minimum Gasteiger partial charge on any atom is -0.388 e. The van der Waals surface area contributed by atoms with Crippen LogP contribution in [0.1, 0.15) is 0 Å².